The topological polar surface area (TPSA) is 36.4 Å². The molecule has 1 fully saturated rings. The molecule has 17 heavy (non-hydrogen) atoms. The van der Waals surface area contributed by atoms with E-state index in [4.69, 9.17) is 4.98 Å². The van der Waals surface area contributed by atoms with Crippen molar-refractivity contribution < 1.29 is 5.11 Å². The second-order valence-corrected chi connectivity index (χ2v) is 6.37. The zero-order valence-electron chi connectivity index (χ0n) is 10.9. The molecule has 1 unspecified atom stereocenters. The lowest BCUT2D eigenvalue weighted by molar-refractivity contribution is 0.283. The fourth-order valence-corrected chi connectivity index (χ4v) is 3.52. The lowest BCUT2D eigenvalue weighted by Crippen LogP contribution is -2.34. The van der Waals surface area contributed by atoms with Gasteiger partial charge in [-0.25, -0.2) is 4.98 Å². The van der Waals surface area contributed by atoms with Gasteiger partial charge in [0.25, 0.3) is 0 Å². The van der Waals surface area contributed by atoms with Gasteiger partial charge in [0.2, 0.25) is 0 Å². The van der Waals surface area contributed by atoms with Crippen LogP contribution in [0.25, 0.3) is 0 Å². The molecule has 0 amide bonds. The van der Waals surface area contributed by atoms with E-state index in [1.54, 1.807) is 11.3 Å². The SMILES string of the molecule is CC1CCCN(c2nc(C(C)C)c(CO)s2)C1. The zero-order chi connectivity index (χ0) is 12.4. The second kappa shape index (κ2) is 5.36. The molecule has 1 atom stereocenters. The standard InChI is InChI=1S/C13H22N2OS/c1-9(2)12-11(8-16)17-13(14-12)15-6-4-5-10(3)7-15/h9-10,16H,4-8H2,1-3H3. The van der Waals surface area contributed by atoms with Crippen molar-refractivity contribution in [2.24, 2.45) is 5.92 Å². The summed E-state index contributed by atoms with van der Waals surface area (Å²) < 4.78 is 0. The molecule has 0 radical (unpaired) electrons. The highest BCUT2D eigenvalue weighted by atomic mass is 32.1. The summed E-state index contributed by atoms with van der Waals surface area (Å²) in [7, 11) is 0. The molecule has 1 aliphatic rings. The molecule has 1 N–H and O–H groups in total. The number of aliphatic hydroxyl groups excluding tert-OH is 1. The predicted molar refractivity (Wildman–Crippen MR) is 72.7 cm³/mol. The van der Waals surface area contributed by atoms with Gasteiger partial charge < -0.3 is 10.0 Å². The first-order valence-corrected chi connectivity index (χ1v) is 7.29. The Morgan fingerprint density at radius 3 is 2.82 bits per heavy atom. The predicted octanol–water partition coefficient (Wildman–Crippen LogP) is 3.00. The normalized spacial score (nSPS) is 21.2. The Kier molecular flexibility index (Phi) is 4.05. The van der Waals surface area contributed by atoms with Crippen molar-refractivity contribution in [1.29, 1.82) is 0 Å². The number of rotatable bonds is 3. The Labute approximate surface area is 107 Å². The summed E-state index contributed by atoms with van der Waals surface area (Å²) in [5.41, 5.74) is 1.07. The third-order valence-electron chi connectivity index (χ3n) is 3.33. The van der Waals surface area contributed by atoms with Gasteiger partial charge in [0.15, 0.2) is 5.13 Å². The van der Waals surface area contributed by atoms with Gasteiger partial charge >= 0.3 is 0 Å². The van der Waals surface area contributed by atoms with Crippen molar-refractivity contribution >= 4 is 16.5 Å². The van der Waals surface area contributed by atoms with Crippen molar-refractivity contribution in [1.82, 2.24) is 4.98 Å². The number of hydrogen-bond donors (Lipinski definition) is 1. The van der Waals surface area contributed by atoms with Gasteiger partial charge in [-0.2, -0.15) is 0 Å². The lowest BCUT2D eigenvalue weighted by atomic mass is 10.0. The van der Waals surface area contributed by atoms with Crippen molar-refractivity contribution in [2.45, 2.75) is 46.1 Å². The van der Waals surface area contributed by atoms with Gasteiger partial charge in [0, 0.05) is 13.1 Å². The molecule has 1 saturated heterocycles. The van der Waals surface area contributed by atoms with Crippen molar-refractivity contribution in [3.8, 4) is 0 Å². The van der Waals surface area contributed by atoms with E-state index in [1.807, 2.05) is 0 Å². The third-order valence-corrected chi connectivity index (χ3v) is 4.45. The Bertz CT molecular complexity index is 375. The lowest BCUT2D eigenvalue weighted by Gasteiger charge is -2.30. The van der Waals surface area contributed by atoms with Crippen LogP contribution in [0.4, 0.5) is 5.13 Å². The van der Waals surface area contributed by atoms with E-state index < -0.39 is 0 Å². The van der Waals surface area contributed by atoms with Gasteiger partial charge in [0.05, 0.1) is 17.2 Å². The van der Waals surface area contributed by atoms with Crippen molar-refractivity contribution in [2.75, 3.05) is 18.0 Å². The smallest absolute Gasteiger partial charge is 0.185 e. The minimum absolute atomic E-state index is 0.120. The Morgan fingerprint density at radius 2 is 2.29 bits per heavy atom. The summed E-state index contributed by atoms with van der Waals surface area (Å²) in [5, 5.41) is 10.5. The molecular formula is C13H22N2OS. The molecule has 0 spiro atoms. The number of thiazole rings is 1. The number of nitrogens with zero attached hydrogens (tertiary/aromatic N) is 2. The molecule has 3 nitrogen and oxygen atoms in total. The highest BCUT2D eigenvalue weighted by Crippen LogP contribution is 2.32. The molecule has 4 heteroatoms. The average molecular weight is 254 g/mol. The molecule has 2 rings (SSSR count). The molecule has 0 aromatic carbocycles. The van der Waals surface area contributed by atoms with E-state index in [0.717, 1.165) is 34.7 Å². The Hall–Kier alpha value is -0.610. The first kappa shape index (κ1) is 12.8. The minimum Gasteiger partial charge on any atom is -0.391 e. The van der Waals surface area contributed by atoms with Crippen LogP contribution in [-0.4, -0.2) is 23.2 Å². The fraction of sp³-hybridized carbons (Fsp3) is 0.769. The zero-order valence-corrected chi connectivity index (χ0v) is 11.8. The molecule has 96 valence electrons. The van der Waals surface area contributed by atoms with Gasteiger partial charge in [-0.3, -0.25) is 0 Å². The number of aromatic nitrogens is 1. The van der Waals surface area contributed by atoms with Crippen LogP contribution in [0, 0.1) is 5.92 Å². The maximum Gasteiger partial charge on any atom is 0.185 e. The van der Waals surface area contributed by atoms with Crippen LogP contribution in [0.3, 0.4) is 0 Å². The maximum absolute atomic E-state index is 9.38. The molecule has 0 aliphatic carbocycles. The minimum atomic E-state index is 0.120. The van der Waals surface area contributed by atoms with E-state index in [-0.39, 0.29) is 6.61 Å². The van der Waals surface area contributed by atoms with E-state index in [9.17, 15) is 5.11 Å². The third kappa shape index (κ3) is 2.80. The number of piperidine rings is 1. The van der Waals surface area contributed by atoms with Gasteiger partial charge in [-0.1, -0.05) is 32.1 Å². The maximum atomic E-state index is 9.38. The van der Waals surface area contributed by atoms with Gasteiger partial charge in [-0.15, -0.1) is 0 Å². The molecule has 0 bridgehead atoms. The second-order valence-electron chi connectivity index (χ2n) is 5.31. The van der Waals surface area contributed by atoms with Crippen LogP contribution in [0.2, 0.25) is 0 Å². The number of hydrogen-bond acceptors (Lipinski definition) is 4. The largest absolute Gasteiger partial charge is 0.391 e. The quantitative estimate of drug-likeness (QED) is 0.901. The molecule has 2 heterocycles. The van der Waals surface area contributed by atoms with Crippen LogP contribution < -0.4 is 4.90 Å². The monoisotopic (exact) mass is 254 g/mol. The Morgan fingerprint density at radius 1 is 1.53 bits per heavy atom. The Balaban J connectivity index is 2.20. The highest BCUT2D eigenvalue weighted by Gasteiger charge is 2.21. The molecule has 1 aliphatic heterocycles. The van der Waals surface area contributed by atoms with Crippen LogP contribution in [0.15, 0.2) is 0 Å². The van der Waals surface area contributed by atoms with E-state index in [1.165, 1.54) is 12.8 Å². The summed E-state index contributed by atoms with van der Waals surface area (Å²) in [5.74, 6) is 1.15. The van der Waals surface area contributed by atoms with E-state index >= 15 is 0 Å². The van der Waals surface area contributed by atoms with Crippen LogP contribution in [-0.2, 0) is 6.61 Å². The summed E-state index contributed by atoms with van der Waals surface area (Å²) in [4.78, 5) is 8.14. The first-order valence-electron chi connectivity index (χ1n) is 6.47. The van der Waals surface area contributed by atoms with Gasteiger partial charge in [-0.05, 0) is 24.7 Å². The summed E-state index contributed by atoms with van der Waals surface area (Å²) >= 11 is 1.66. The van der Waals surface area contributed by atoms with Gasteiger partial charge in [0.1, 0.15) is 0 Å². The summed E-state index contributed by atoms with van der Waals surface area (Å²) in [6.07, 6.45) is 2.58. The summed E-state index contributed by atoms with van der Waals surface area (Å²) in [6.45, 7) is 8.91. The van der Waals surface area contributed by atoms with Crippen molar-refractivity contribution in [3.63, 3.8) is 0 Å². The van der Waals surface area contributed by atoms with Crippen LogP contribution >= 0.6 is 11.3 Å². The van der Waals surface area contributed by atoms with E-state index in [2.05, 4.69) is 25.7 Å². The molecule has 0 saturated carbocycles. The van der Waals surface area contributed by atoms with Crippen molar-refractivity contribution in [3.05, 3.63) is 10.6 Å². The van der Waals surface area contributed by atoms with Crippen LogP contribution in [0.5, 0.6) is 0 Å². The highest BCUT2D eigenvalue weighted by molar-refractivity contribution is 7.15. The average Bonchev–Trinajstić information content (AvgIpc) is 2.73. The van der Waals surface area contributed by atoms with Crippen LogP contribution in [0.1, 0.15) is 50.1 Å². The molecular weight excluding hydrogens is 232 g/mol. The molecule has 1 aromatic heterocycles. The number of aliphatic hydroxyl groups is 1. The number of anilines is 1. The summed E-state index contributed by atoms with van der Waals surface area (Å²) in [6, 6.07) is 0. The molecule has 1 aromatic rings. The first-order chi connectivity index (χ1) is 8.11. The fourth-order valence-electron chi connectivity index (χ4n) is 2.41. The van der Waals surface area contributed by atoms with E-state index in [0.29, 0.717) is 5.92 Å².